The van der Waals surface area contributed by atoms with Gasteiger partial charge >= 0.3 is 0 Å². The third-order valence-electron chi connectivity index (χ3n) is 3.05. The second kappa shape index (κ2) is 5.72. The number of ether oxygens (including phenoxy) is 1. The lowest BCUT2D eigenvalue weighted by Crippen LogP contribution is -2.35. The third kappa shape index (κ3) is 4.67. The highest BCUT2D eigenvalue weighted by Gasteiger charge is 2.18. The second-order valence-corrected chi connectivity index (χ2v) is 6.08. The van der Waals surface area contributed by atoms with Crippen molar-refractivity contribution in [3.05, 3.63) is 29.8 Å². The Balaban J connectivity index is 2.59. The average molecular weight is 251 g/mol. The first-order valence-corrected chi connectivity index (χ1v) is 6.40. The molecule has 1 aromatic carbocycles. The molecule has 18 heavy (non-hydrogen) atoms. The summed E-state index contributed by atoms with van der Waals surface area (Å²) in [6, 6.07) is 8.09. The van der Waals surface area contributed by atoms with Crippen molar-refractivity contribution in [3.63, 3.8) is 0 Å². The Bertz CT molecular complexity index is 380. The minimum Gasteiger partial charge on any atom is -0.493 e. The number of hydrogen-bond acceptors (Lipinski definition) is 3. The average Bonchev–Trinajstić information content (AvgIpc) is 2.28. The van der Waals surface area contributed by atoms with Crippen LogP contribution in [0.5, 0.6) is 5.75 Å². The molecule has 0 saturated heterocycles. The van der Waals surface area contributed by atoms with Gasteiger partial charge in [0.05, 0.1) is 12.2 Å². The molecule has 102 valence electrons. The molecule has 0 amide bonds. The van der Waals surface area contributed by atoms with E-state index in [9.17, 15) is 5.11 Å². The van der Waals surface area contributed by atoms with E-state index < -0.39 is 5.60 Å². The van der Waals surface area contributed by atoms with E-state index in [-0.39, 0.29) is 12.0 Å². The highest BCUT2D eigenvalue weighted by atomic mass is 16.5. The van der Waals surface area contributed by atoms with Gasteiger partial charge in [-0.1, -0.05) is 32.9 Å². The summed E-state index contributed by atoms with van der Waals surface area (Å²) < 4.78 is 5.66. The molecule has 3 heteroatoms. The molecule has 0 spiro atoms. The topological polar surface area (TPSA) is 55.5 Å². The van der Waals surface area contributed by atoms with Crippen molar-refractivity contribution in [1.29, 1.82) is 0 Å². The van der Waals surface area contributed by atoms with Crippen LogP contribution in [0.25, 0.3) is 0 Å². The molecule has 0 aliphatic rings. The summed E-state index contributed by atoms with van der Waals surface area (Å²) in [6.07, 6.45) is 0.531. The molecular formula is C15H25NO2. The molecule has 0 saturated carbocycles. The maximum Gasteiger partial charge on any atom is 0.119 e. The molecule has 0 heterocycles. The van der Waals surface area contributed by atoms with Gasteiger partial charge in [0.15, 0.2) is 0 Å². The first-order valence-electron chi connectivity index (χ1n) is 6.40. The minimum absolute atomic E-state index is 0.113. The molecule has 0 bridgehead atoms. The van der Waals surface area contributed by atoms with Crippen molar-refractivity contribution in [1.82, 2.24) is 0 Å². The number of hydrogen-bond donors (Lipinski definition) is 2. The molecule has 3 N–H and O–H groups in total. The van der Waals surface area contributed by atoms with E-state index in [4.69, 9.17) is 10.5 Å². The van der Waals surface area contributed by atoms with Crippen LogP contribution in [-0.4, -0.2) is 23.9 Å². The Kier molecular flexibility index (Phi) is 4.77. The zero-order valence-corrected chi connectivity index (χ0v) is 11.9. The molecule has 0 aliphatic heterocycles. The maximum atomic E-state index is 9.78. The van der Waals surface area contributed by atoms with Crippen LogP contribution >= 0.6 is 0 Å². The smallest absolute Gasteiger partial charge is 0.119 e. The fourth-order valence-corrected chi connectivity index (χ4v) is 1.54. The Labute approximate surface area is 110 Å². The molecule has 0 aliphatic carbocycles. The van der Waals surface area contributed by atoms with Crippen LogP contribution < -0.4 is 10.5 Å². The van der Waals surface area contributed by atoms with Crippen molar-refractivity contribution in [3.8, 4) is 5.75 Å². The fourth-order valence-electron chi connectivity index (χ4n) is 1.54. The summed E-state index contributed by atoms with van der Waals surface area (Å²) in [5, 5.41) is 9.78. The van der Waals surface area contributed by atoms with Crippen molar-refractivity contribution in [2.45, 2.75) is 45.1 Å². The number of benzene rings is 1. The molecule has 0 radical (unpaired) electrons. The van der Waals surface area contributed by atoms with E-state index in [1.54, 1.807) is 6.92 Å². The van der Waals surface area contributed by atoms with Gasteiger partial charge in [0.25, 0.3) is 0 Å². The molecule has 3 nitrogen and oxygen atoms in total. The summed E-state index contributed by atoms with van der Waals surface area (Å²) in [6.45, 7) is 8.96. The van der Waals surface area contributed by atoms with Gasteiger partial charge in [0, 0.05) is 13.0 Å². The first-order chi connectivity index (χ1) is 8.24. The van der Waals surface area contributed by atoms with Gasteiger partial charge in [-0.25, -0.2) is 0 Å². The second-order valence-electron chi connectivity index (χ2n) is 6.08. The molecular weight excluding hydrogens is 226 g/mol. The van der Waals surface area contributed by atoms with Gasteiger partial charge in [0.1, 0.15) is 5.75 Å². The van der Waals surface area contributed by atoms with Crippen molar-refractivity contribution >= 4 is 0 Å². The van der Waals surface area contributed by atoms with E-state index in [2.05, 4.69) is 32.9 Å². The molecule has 0 fully saturated rings. The van der Waals surface area contributed by atoms with Crippen LogP contribution in [-0.2, 0) is 5.41 Å². The zero-order valence-electron chi connectivity index (χ0n) is 11.9. The molecule has 1 atom stereocenters. The van der Waals surface area contributed by atoms with Crippen molar-refractivity contribution < 1.29 is 9.84 Å². The number of nitrogens with two attached hydrogens (primary N) is 1. The van der Waals surface area contributed by atoms with E-state index in [1.807, 2.05) is 12.1 Å². The summed E-state index contributed by atoms with van der Waals surface area (Å²) in [7, 11) is 0. The molecule has 1 aromatic rings. The van der Waals surface area contributed by atoms with Gasteiger partial charge in [0.2, 0.25) is 0 Å². The largest absolute Gasteiger partial charge is 0.493 e. The minimum atomic E-state index is -0.846. The molecule has 1 rings (SSSR count). The van der Waals surface area contributed by atoms with Crippen LogP contribution in [0.2, 0.25) is 0 Å². The standard InChI is InChI=1S/C15H25NO2/c1-14(2,3)12-6-5-7-13(10-12)18-9-8-15(4,17)11-16/h5-7,10,17H,8-9,11,16H2,1-4H3. The molecule has 1 unspecified atom stereocenters. The lowest BCUT2D eigenvalue weighted by molar-refractivity contribution is 0.0453. The third-order valence-corrected chi connectivity index (χ3v) is 3.05. The van der Waals surface area contributed by atoms with Gasteiger partial charge in [-0.15, -0.1) is 0 Å². The summed E-state index contributed by atoms with van der Waals surface area (Å²) in [5.74, 6) is 0.843. The SMILES string of the molecule is CC(O)(CN)CCOc1cccc(C(C)(C)C)c1. The Morgan fingerprint density at radius 1 is 1.22 bits per heavy atom. The van der Waals surface area contributed by atoms with E-state index >= 15 is 0 Å². The fraction of sp³-hybridized carbons (Fsp3) is 0.600. The van der Waals surface area contributed by atoms with E-state index in [0.29, 0.717) is 13.0 Å². The highest BCUT2D eigenvalue weighted by molar-refractivity contribution is 5.32. The monoisotopic (exact) mass is 251 g/mol. The maximum absolute atomic E-state index is 9.78. The first kappa shape index (κ1) is 15.0. The summed E-state index contributed by atoms with van der Waals surface area (Å²) in [4.78, 5) is 0. The van der Waals surface area contributed by atoms with E-state index in [0.717, 1.165) is 5.75 Å². The Hall–Kier alpha value is -1.06. The van der Waals surface area contributed by atoms with Gasteiger partial charge in [-0.05, 0) is 30.0 Å². The molecule has 0 aromatic heterocycles. The Morgan fingerprint density at radius 3 is 2.44 bits per heavy atom. The normalized spacial score (nSPS) is 15.2. The zero-order chi connectivity index (χ0) is 13.8. The van der Waals surface area contributed by atoms with Crippen LogP contribution in [0, 0.1) is 0 Å². The van der Waals surface area contributed by atoms with Crippen molar-refractivity contribution in [2.24, 2.45) is 5.73 Å². The number of rotatable bonds is 5. The van der Waals surface area contributed by atoms with Gasteiger partial charge in [-0.3, -0.25) is 0 Å². The lowest BCUT2D eigenvalue weighted by Gasteiger charge is -2.22. The summed E-state index contributed by atoms with van der Waals surface area (Å²) in [5.41, 5.74) is 5.97. The lowest BCUT2D eigenvalue weighted by atomic mass is 9.87. The van der Waals surface area contributed by atoms with Crippen LogP contribution in [0.1, 0.15) is 39.7 Å². The Morgan fingerprint density at radius 2 is 1.89 bits per heavy atom. The van der Waals surface area contributed by atoms with Crippen LogP contribution in [0.4, 0.5) is 0 Å². The highest BCUT2D eigenvalue weighted by Crippen LogP contribution is 2.25. The van der Waals surface area contributed by atoms with Crippen LogP contribution in [0.15, 0.2) is 24.3 Å². The van der Waals surface area contributed by atoms with Gasteiger partial charge in [-0.2, -0.15) is 0 Å². The number of aliphatic hydroxyl groups is 1. The van der Waals surface area contributed by atoms with Crippen molar-refractivity contribution in [2.75, 3.05) is 13.2 Å². The summed E-state index contributed by atoms with van der Waals surface area (Å²) >= 11 is 0. The predicted molar refractivity (Wildman–Crippen MR) is 74.9 cm³/mol. The quantitative estimate of drug-likeness (QED) is 0.845. The van der Waals surface area contributed by atoms with E-state index in [1.165, 1.54) is 5.56 Å². The predicted octanol–water partition coefficient (Wildman–Crippen LogP) is 2.46. The van der Waals surface area contributed by atoms with Crippen LogP contribution in [0.3, 0.4) is 0 Å². The van der Waals surface area contributed by atoms with Gasteiger partial charge < -0.3 is 15.6 Å².